The molecule has 0 fully saturated rings. The number of halogens is 3. The Balaban J connectivity index is 2.34. The molecular formula is C25H24F3N3O7. The Labute approximate surface area is 215 Å². The van der Waals surface area contributed by atoms with E-state index in [9.17, 15) is 27.6 Å². The lowest BCUT2D eigenvalue weighted by Gasteiger charge is -2.20. The van der Waals surface area contributed by atoms with Gasteiger partial charge in [-0.2, -0.15) is 5.10 Å². The Hall–Kier alpha value is -4.55. The summed E-state index contributed by atoms with van der Waals surface area (Å²) in [6.45, 7) is 4.86. The minimum atomic E-state index is -5.04. The normalized spacial score (nSPS) is 11.5. The molecule has 0 bridgehead atoms. The fraction of sp³-hybridized carbons (Fsp3) is 0.280. The number of esters is 2. The van der Waals surface area contributed by atoms with Crippen molar-refractivity contribution in [2.75, 3.05) is 19.5 Å². The standard InChI is InChI=1S/C25H24F3N3O7/c1-24(2,3)38-23(34)29-17-12-11-15(37-25(26,27)28)13-16(17)19-18(21(32)35-4)20(22(33)36-5)31(30-19)14-9-7-6-8-10-14/h6-13H,1-5H3,(H,29,34). The summed E-state index contributed by atoms with van der Waals surface area (Å²) in [4.78, 5) is 38.2. The lowest BCUT2D eigenvalue weighted by Crippen LogP contribution is -2.27. The van der Waals surface area contributed by atoms with Crippen molar-refractivity contribution in [2.24, 2.45) is 0 Å². The van der Waals surface area contributed by atoms with E-state index in [1.165, 1.54) is 0 Å². The fourth-order valence-corrected chi connectivity index (χ4v) is 3.38. The number of amides is 1. The van der Waals surface area contributed by atoms with Crippen molar-refractivity contribution in [3.8, 4) is 22.7 Å². The number of anilines is 1. The van der Waals surface area contributed by atoms with Crippen molar-refractivity contribution in [1.82, 2.24) is 9.78 Å². The molecule has 0 unspecified atom stereocenters. The molecule has 1 aromatic heterocycles. The van der Waals surface area contributed by atoms with Gasteiger partial charge in [0.1, 0.15) is 22.6 Å². The van der Waals surface area contributed by atoms with Crippen LogP contribution in [0.5, 0.6) is 5.75 Å². The maximum atomic E-state index is 13.0. The molecule has 0 aliphatic carbocycles. The van der Waals surface area contributed by atoms with Gasteiger partial charge in [-0.3, -0.25) is 5.32 Å². The molecule has 0 atom stereocenters. The van der Waals surface area contributed by atoms with Crippen molar-refractivity contribution in [2.45, 2.75) is 32.7 Å². The number of para-hydroxylation sites is 1. The smallest absolute Gasteiger partial charge is 0.465 e. The third-order valence-electron chi connectivity index (χ3n) is 4.77. The van der Waals surface area contributed by atoms with Gasteiger partial charge in [-0.15, -0.1) is 13.2 Å². The molecule has 0 spiro atoms. The highest BCUT2D eigenvalue weighted by atomic mass is 19.4. The number of methoxy groups -OCH3 is 2. The summed E-state index contributed by atoms with van der Waals surface area (Å²) in [5, 5.41) is 6.79. The maximum absolute atomic E-state index is 13.0. The zero-order chi connectivity index (χ0) is 28.3. The predicted octanol–water partition coefficient (Wildman–Crippen LogP) is 5.36. The van der Waals surface area contributed by atoms with Crippen molar-refractivity contribution in [3.05, 3.63) is 59.8 Å². The van der Waals surface area contributed by atoms with Gasteiger partial charge in [0.25, 0.3) is 0 Å². The number of alkyl halides is 3. The predicted molar refractivity (Wildman–Crippen MR) is 128 cm³/mol. The second-order valence-electron chi connectivity index (χ2n) is 8.68. The second kappa shape index (κ2) is 10.8. The fourth-order valence-electron chi connectivity index (χ4n) is 3.38. The van der Waals surface area contributed by atoms with Crippen LogP contribution in [0.15, 0.2) is 48.5 Å². The van der Waals surface area contributed by atoms with Crippen LogP contribution in [-0.2, 0) is 14.2 Å². The van der Waals surface area contributed by atoms with E-state index in [2.05, 4.69) is 15.2 Å². The van der Waals surface area contributed by atoms with Gasteiger partial charge >= 0.3 is 24.4 Å². The highest BCUT2D eigenvalue weighted by Gasteiger charge is 2.35. The number of ether oxygens (including phenoxy) is 4. The Morgan fingerprint density at radius 1 is 0.921 bits per heavy atom. The zero-order valence-corrected chi connectivity index (χ0v) is 21.0. The highest BCUT2D eigenvalue weighted by molar-refractivity contribution is 6.08. The van der Waals surface area contributed by atoms with E-state index in [0.29, 0.717) is 5.69 Å². The van der Waals surface area contributed by atoms with Crippen LogP contribution in [0.3, 0.4) is 0 Å². The SMILES string of the molecule is COC(=O)c1c(-c2cc(OC(F)(F)F)ccc2NC(=O)OC(C)(C)C)nn(-c2ccccc2)c1C(=O)OC. The van der Waals surface area contributed by atoms with E-state index < -0.39 is 41.3 Å². The Morgan fingerprint density at radius 3 is 2.11 bits per heavy atom. The first kappa shape index (κ1) is 28.0. The monoisotopic (exact) mass is 535 g/mol. The first-order valence-corrected chi connectivity index (χ1v) is 11.0. The van der Waals surface area contributed by atoms with Crippen LogP contribution >= 0.6 is 0 Å². The van der Waals surface area contributed by atoms with Crippen molar-refractivity contribution >= 4 is 23.7 Å². The molecule has 38 heavy (non-hydrogen) atoms. The highest BCUT2D eigenvalue weighted by Crippen LogP contribution is 2.37. The molecule has 0 radical (unpaired) electrons. The molecule has 0 aliphatic heterocycles. The number of aromatic nitrogens is 2. The number of rotatable bonds is 6. The van der Waals surface area contributed by atoms with Gasteiger partial charge in [-0.25, -0.2) is 19.1 Å². The van der Waals surface area contributed by atoms with Crippen LogP contribution in [0.4, 0.5) is 23.7 Å². The van der Waals surface area contributed by atoms with Crippen LogP contribution in [0, 0.1) is 0 Å². The van der Waals surface area contributed by atoms with Crippen LogP contribution in [0.1, 0.15) is 41.6 Å². The van der Waals surface area contributed by atoms with Gasteiger partial charge in [0.15, 0.2) is 5.69 Å². The Kier molecular flexibility index (Phi) is 7.98. The summed E-state index contributed by atoms with van der Waals surface area (Å²) in [7, 11) is 2.13. The number of hydrogen-bond donors (Lipinski definition) is 1. The Bertz CT molecular complexity index is 1350. The second-order valence-corrected chi connectivity index (χ2v) is 8.68. The minimum absolute atomic E-state index is 0.0898. The first-order chi connectivity index (χ1) is 17.7. The minimum Gasteiger partial charge on any atom is -0.465 e. The van der Waals surface area contributed by atoms with E-state index in [1.807, 2.05) is 0 Å². The van der Waals surface area contributed by atoms with E-state index in [0.717, 1.165) is 37.1 Å². The van der Waals surface area contributed by atoms with Crippen molar-refractivity contribution < 1.29 is 46.5 Å². The van der Waals surface area contributed by atoms with Crippen molar-refractivity contribution in [3.63, 3.8) is 0 Å². The molecule has 3 rings (SSSR count). The first-order valence-electron chi connectivity index (χ1n) is 11.0. The maximum Gasteiger partial charge on any atom is 0.573 e. The number of benzene rings is 2. The van der Waals surface area contributed by atoms with Gasteiger partial charge in [-0.1, -0.05) is 18.2 Å². The van der Waals surface area contributed by atoms with Crippen LogP contribution in [0.25, 0.3) is 16.9 Å². The average Bonchev–Trinajstić information content (AvgIpc) is 3.23. The van der Waals surface area contributed by atoms with Gasteiger partial charge in [-0.05, 0) is 51.1 Å². The van der Waals surface area contributed by atoms with Gasteiger partial charge in [0.2, 0.25) is 0 Å². The van der Waals surface area contributed by atoms with Gasteiger partial charge in [0, 0.05) is 5.56 Å². The molecule has 1 N–H and O–H groups in total. The molecule has 1 heterocycles. The van der Waals surface area contributed by atoms with Crippen molar-refractivity contribution in [1.29, 1.82) is 0 Å². The molecule has 0 saturated carbocycles. The van der Waals surface area contributed by atoms with E-state index in [1.54, 1.807) is 51.1 Å². The summed E-state index contributed by atoms with van der Waals surface area (Å²) < 4.78 is 59.1. The number of hydrogen-bond acceptors (Lipinski definition) is 8. The molecule has 202 valence electrons. The number of nitrogens with zero attached hydrogens (tertiary/aromatic N) is 2. The van der Waals surface area contributed by atoms with E-state index in [4.69, 9.17) is 14.2 Å². The summed E-state index contributed by atoms with van der Waals surface area (Å²) in [6.07, 6.45) is -5.97. The third-order valence-corrected chi connectivity index (χ3v) is 4.77. The lowest BCUT2D eigenvalue weighted by molar-refractivity contribution is -0.274. The summed E-state index contributed by atoms with van der Waals surface area (Å²) in [5.41, 5.74) is -1.92. The lowest BCUT2D eigenvalue weighted by atomic mass is 10.0. The van der Waals surface area contributed by atoms with Crippen LogP contribution in [-0.4, -0.2) is 54.0 Å². The van der Waals surface area contributed by atoms with Crippen LogP contribution in [0.2, 0.25) is 0 Å². The molecular weight excluding hydrogens is 511 g/mol. The topological polar surface area (TPSA) is 118 Å². The molecule has 1 amide bonds. The van der Waals surface area contributed by atoms with Gasteiger partial charge < -0.3 is 18.9 Å². The van der Waals surface area contributed by atoms with Gasteiger partial charge in [0.05, 0.1) is 25.6 Å². The summed E-state index contributed by atoms with van der Waals surface area (Å²) in [5.74, 6) is -2.68. The quantitative estimate of drug-likeness (QED) is 0.331. The number of carbonyl (C=O) groups is 3. The van der Waals surface area contributed by atoms with Crippen LogP contribution < -0.4 is 10.1 Å². The van der Waals surface area contributed by atoms with E-state index >= 15 is 0 Å². The zero-order valence-electron chi connectivity index (χ0n) is 21.0. The molecule has 10 nitrogen and oxygen atoms in total. The largest absolute Gasteiger partial charge is 0.573 e. The molecule has 2 aromatic carbocycles. The molecule has 3 aromatic rings. The molecule has 0 aliphatic rings. The molecule has 13 heteroatoms. The Morgan fingerprint density at radius 2 is 1.55 bits per heavy atom. The number of carbonyl (C=O) groups excluding carboxylic acids is 3. The summed E-state index contributed by atoms with van der Waals surface area (Å²) >= 11 is 0. The number of nitrogens with one attached hydrogen (secondary N) is 1. The average molecular weight is 535 g/mol. The third kappa shape index (κ3) is 6.60. The van der Waals surface area contributed by atoms with E-state index in [-0.39, 0.29) is 22.6 Å². The molecule has 0 saturated heterocycles. The summed E-state index contributed by atoms with van der Waals surface area (Å²) in [6, 6.07) is 11.1.